The van der Waals surface area contributed by atoms with Gasteiger partial charge < -0.3 is 9.45 Å². The summed E-state index contributed by atoms with van der Waals surface area (Å²) in [6, 6.07) is 5.00. The second-order valence-electron chi connectivity index (χ2n) is 3.46. The number of nitrogens with zero attached hydrogens (tertiary/aromatic N) is 1. The van der Waals surface area contributed by atoms with Crippen LogP contribution in [0.15, 0.2) is 23.1 Å². The molecular formula is C10H11NO3S. The molecule has 0 aromatic heterocycles. The summed E-state index contributed by atoms with van der Waals surface area (Å²) in [6.45, 7) is 2.18. The van der Waals surface area contributed by atoms with Crippen molar-refractivity contribution in [1.82, 2.24) is 0 Å². The maximum Gasteiger partial charge on any atom is 0.223 e. The molecule has 1 amide bonds. The van der Waals surface area contributed by atoms with Crippen molar-refractivity contribution in [2.45, 2.75) is 18.2 Å². The van der Waals surface area contributed by atoms with Crippen molar-refractivity contribution in [3.05, 3.63) is 23.8 Å². The fraction of sp³-hybridized carbons (Fsp3) is 0.300. The minimum atomic E-state index is -1.95. The number of hydrogen-bond donors (Lipinski definition) is 1. The van der Waals surface area contributed by atoms with Crippen molar-refractivity contribution in [2.24, 2.45) is 0 Å². The molecule has 0 fully saturated rings. The van der Waals surface area contributed by atoms with Crippen LogP contribution < -0.4 is 4.90 Å². The van der Waals surface area contributed by atoms with E-state index in [1.807, 2.05) is 0 Å². The highest BCUT2D eigenvalue weighted by molar-refractivity contribution is 7.79. The van der Waals surface area contributed by atoms with Gasteiger partial charge in [-0.25, -0.2) is 4.21 Å². The lowest BCUT2D eigenvalue weighted by atomic mass is 10.2. The summed E-state index contributed by atoms with van der Waals surface area (Å²) in [5.74, 6) is 0.00613. The molecule has 1 unspecified atom stereocenters. The third kappa shape index (κ3) is 1.80. The lowest BCUT2D eigenvalue weighted by molar-refractivity contribution is -0.116. The Balaban J connectivity index is 2.42. The van der Waals surface area contributed by atoms with E-state index in [0.29, 0.717) is 11.4 Å². The topological polar surface area (TPSA) is 57.6 Å². The second kappa shape index (κ2) is 3.75. The highest BCUT2D eigenvalue weighted by atomic mass is 32.2. The fourth-order valence-electron chi connectivity index (χ4n) is 1.81. The molecule has 4 nitrogen and oxygen atoms in total. The van der Waals surface area contributed by atoms with Gasteiger partial charge in [0.05, 0.1) is 4.90 Å². The van der Waals surface area contributed by atoms with E-state index in [1.54, 1.807) is 23.1 Å². The summed E-state index contributed by atoms with van der Waals surface area (Å²) in [5.41, 5.74) is 1.82. The molecule has 1 aliphatic rings. The van der Waals surface area contributed by atoms with Gasteiger partial charge in [-0.1, -0.05) is 0 Å². The Hall–Kier alpha value is -1.20. The van der Waals surface area contributed by atoms with Crippen LogP contribution in [0.5, 0.6) is 0 Å². The molecule has 1 atom stereocenters. The lowest BCUT2D eigenvalue weighted by Gasteiger charge is -2.14. The van der Waals surface area contributed by atoms with Crippen LogP contribution >= 0.6 is 0 Å². The molecule has 1 aromatic carbocycles. The van der Waals surface area contributed by atoms with Crippen molar-refractivity contribution < 1.29 is 13.6 Å². The van der Waals surface area contributed by atoms with Crippen LogP contribution in [-0.4, -0.2) is 21.2 Å². The van der Waals surface area contributed by atoms with E-state index in [-0.39, 0.29) is 5.91 Å². The summed E-state index contributed by atoms with van der Waals surface area (Å²) in [5, 5.41) is 0. The predicted molar refractivity (Wildman–Crippen MR) is 57.2 cm³/mol. The summed E-state index contributed by atoms with van der Waals surface area (Å²) >= 11 is -1.95. The fourth-order valence-corrected chi connectivity index (χ4v) is 2.24. The van der Waals surface area contributed by atoms with Gasteiger partial charge in [0, 0.05) is 19.2 Å². The molecule has 0 radical (unpaired) electrons. The molecule has 15 heavy (non-hydrogen) atoms. The van der Waals surface area contributed by atoms with Gasteiger partial charge >= 0.3 is 0 Å². The summed E-state index contributed by atoms with van der Waals surface area (Å²) in [7, 11) is 0. The maximum absolute atomic E-state index is 11.2. The first-order chi connectivity index (χ1) is 7.09. The first kappa shape index (κ1) is 10.3. The third-order valence-corrected chi connectivity index (χ3v) is 3.19. The van der Waals surface area contributed by atoms with Gasteiger partial charge in [0.1, 0.15) is 0 Å². The van der Waals surface area contributed by atoms with Gasteiger partial charge in [-0.3, -0.25) is 4.79 Å². The van der Waals surface area contributed by atoms with Gasteiger partial charge in [0.25, 0.3) is 0 Å². The van der Waals surface area contributed by atoms with Crippen LogP contribution in [0, 0.1) is 0 Å². The number of carbonyl (C=O) groups is 1. The first-order valence-electron chi connectivity index (χ1n) is 4.61. The number of fused-ring (bicyclic) bond motifs is 1. The summed E-state index contributed by atoms with van der Waals surface area (Å²) in [4.78, 5) is 13.3. The standard InChI is InChI=1S/C10H11NO3S/c1-7(12)11-5-4-8-6-9(15(13)14)2-3-10(8)11/h2-3,6H,4-5H2,1H3,(H,13,14). The van der Waals surface area contributed by atoms with Gasteiger partial charge in [-0.2, -0.15) is 0 Å². The van der Waals surface area contributed by atoms with E-state index < -0.39 is 11.1 Å². The second-order valence-corrected chi connectivity index (χ2v) is 4.43. The van der Waals surface area contributed by atoms with Gasteiger partial charge in [-0.05, 0) is 30.2 Å². The Labute approximate surface area is 90.2 Å². The van der Waals surface area contributed by atoms with Crippen LogP contribution in [0.3, 0.4) is 0 Å². The molecule has 80 valence electrons. The van der Waals surface area contributed by atoms with Crippen molar-refractivity contribution in [1.29, 1.82) is 0 Å². The lowest BCUT2D eigenvalue weighted by Crippen LogP contribution is -2.25. The highest BCUT2D eigenvalue weighted by Crippen LogP contribution is 2.29. The van der Waals surface area contributed by atoms with Crippen molar-refractivity contribution in [2.75, 3.05) is 11.4 Å². The number of rotatable bonds is 1. The molecular weight excluding hydrogens is 214 g/mol. The highest BCUT2D eigenvalue weighted by Gasteiger charge is 2.22. The largest absolute Gasteiger partial charge is 0.312 e. The molecule has 1 aromatic rings. The summed E-state index contributed by atoms with van der Waals surface area (Å²) in [6.07, 6.45) is 0.750. The molecule has 1 heterocycles. The quantitative estimate of drug-likeness (QED) is 0.730. The molecule has 2 rings (SSSR count). The van der Waals surface area contributed by atoms with Gasteiger partial charge in [-0.15, -0.1) is 0 Å². The maximum atomic E-state index is 11.2. The van der Waals surface area contributed by atoms with Gasteiger partial charge in [0.15, 0.2) is 11.1 Å². The molecule has 0 bridgehead atoms. The van der Waals surface area contributed by atoms with E-state index in [1.165, 1.54) is 6.92 Å². The van der Waals surface area contributed by atoms with Crippen molar-refractivity contribution in [3.63, 3.8) is 0 Å². The normalized spacial score (nSPS) is 16.3. The zero-order valence-electron chi connectivity index (χ0n) is 8.27. The zero-order chi connectivity index (χ0) is 11.0. The van der Waals surface area contributed by atoms with Gasteiger partial charge in [0.2, 0.25) is 5.91 Å². The molecule has 1 N–H and O–H groups in total. The SMILES string of the molecule is CC(=O)N1CCc2cc(S(=O)O)ccc21. The average Bonchev–Trinajstić information content (AvgIpc) is 2.59. The number of carbonyl (C=O) groups excluding carboxylic acids is 1. The molecule has 0 aliphatic carbocycles. The van der Waals surface area contributed by atoms with Crippen LogP contribution in [-0.2, 0) is 22.3 Å². The number of benzene rings is 1. The number of hydrogen-bond acceptors (Lipinski definition) is 2. The van der Waals surface area contributed by atoms with Crippen LogP contribution in [0.2, 0.25) is 0 Å². The Morgan fingerprint density at radius 1 is 1.53 bits per heavy atom. The van der Waals surface area contributed by atoms with Crippen LogP contribution in [0.1, 0.15) is 12.5 Å². The zero-order valence-corrected chi connectivity index (χ0v) is 9.08. The smallest absolute Gasteiger partial charge is 0.223 e. The molecule has 5 heteroatoms. The van der Waals surface area contributed by atoms with Crippen LogP contribution in [0.25, 0.3) is 0 Å². The van der Waals surface area contributed by atoms with Crippen LogP contribution in [0.4, 0.5) is 5.69 Å². The van der Waals surface area contributed by atoms with E-state index in [4.69, 9.17) is 4.55 Å². The molecule has 1 aliphatic heterocycles. The number of amides is 1. The molecule has 0 saturated carbocycles. The third-order valence-electron chi connectivity index (χ3n) is 2.53. The Morgan fingerprint density at radius 2 is 2.27 bits per heavy atom. The predicted octanol–water partition coefficient (Wildman–Crippen LogP) is 1.18. The summed E-state index contributed by atoms with van der Waals surface area (Å²) < 4.78 is 19.8. The molecule has 0 spiro atoms. The van der Waals surface area contributed by atoms with Crippen molar-refractivity contribution >= 4 is 22.7 Å². The monoisotopic (exact) mass is 225 g/mol. The van der Waals surface area contributed by atoms with E-state index in [9.17, 15) is 9.00 Å². The minimum Gasteiger partial charge on any atom is -0.312 e. The minimum absolute atomic E-state index is 0.00613. The van der Waals surface area contributed by atoms with Crippen molar-refractivity contribution in [3.8, 4) is 0 Å². The molecule has 0 saturated heterocycles. The Morgan fingerprint density at radius 3 is 2.87 bits per heavy atom. The van der Waals surface area contributed by atoms with E-state index in [2.05, 4.69) is 0 Å². The number of anilines is 1. The van der Waals surface area contributed by atoms with E-state index in [0.717, 1.165) is 17.7 Å². The Kier molecular flexibility index (Phi) is 2.58. The first-order valence-corrected chi connectivity index (χ1v) is 5.72. The Bertz CT molecular complexity index is 444. The average molecular weight is 225 g/mol. The van der Waals surface area contributed by atoms with E-state index >= 15 is 0 Å².